The molecule has 0 heterocycles. The average molecular weight is 212 g/mol. The molecule has 0 fully saturated rings. The Hall–Kier alpha value is 1.52. The Morgan fingerprint density at radius 3 is 1.00 bits per heavy atom. The van der Waals surface area contributed by atoms with E-state index in [2.05, 4.69) is 0 Å². The van der Waals surface area contributed by atoms with Crippen LogP contribution in [0.2, 0.25) is 0 Å². The molecule has 1 nitrogen and oxygen atoms in total. The number of hydrogen-bond acceptors (Lipinski definition) is 0. The Labute approximate surface area is 57.0 Å². The van der Waals surface area contributed by atoms with Crippen molar-refractivity contribution in [1.82, 2.24) is 0 Å². The molecule has 33 valence electrons. The zero-order chi connectivity index (χ0) is 0. The molecule has 2 N–H and O–H groups in total. The van der Waals surface area contributed by atoms with Crippen LogP contribution in [0.5, 0.6) is 0 Å². The number of hydrogen-bond donors (Lipinski definition) is 0. The average Bonchev–Trinajstić information content (AvgIpc) is 0. The Bertz CT molecular complexity index is 8.00. The van der Waals surface area contributed by atoms with Gasteiger partial charge in [0.2, 0.25) is 0 Å². The Morgan fingerprint density at radius 2 is 1.00 bits per heavy atom. The SMILES string of the molecule is O.S.[Cu].[Mo]. The van der Waals surface area contributed by atoms with Gasteiger partial charge in [-0.1, -0.05) is 0 Å². The molecule has 0 saturated carbocycles. The third-order valence-electron chi connectivity index (χ3n) is 0. The van der Waals surface area contributed by atoms with Crippen LogP contribution in [-0.2, 0) is 38.1 Å². The van der Waals surface area contributed by atoms with Crippen LogP contribution in [0.15, 0.2) is 0 Å². The van der Waals surface area contributed by atoms with Crippen molar-refractivity contribution in [3.05, 3.63) is 0 Å². The van der Waals surface area contributed by atoms with Crippen molar-refractivity contribution in [3.8, 4) is 0 Å². The Kier molecular flexibility index (Phi) is 297. The van der Waals surface area contributed by atoms with Gasteiger partial charge in [-0.05, 0) is 0 Å². The molecule has 0 aromatic heterocycles. The summed E-state index contributed by atoms with van der Waals surface area (Å²) in [6.07, 6.45) is 0. The van der Waals surface area contributed by atoms with Crippen LogP contribution in [0.25, 0.3) is 0 Å². The zero-order valence-corrected chi connectivity index (χ0v) is 5.66. The van der Waals surface area contributed by atoms with E-state index >= 15 is 0 Å². The summed E-state index contributed by atoms with van der Waals surface area (Å²) in [5, 5.41) is 0. The minimum atomic E-state index is 0. The second-order valence-corrected chi connectivity index (χ2v) is 0. The number of rotatable bonds is 0. The molecule has 0 amide bonds. The molecule has 4 heavy (non-hydrogen) atoms. The molecular formula is H4CuMoOS. The monoisotopic (exact) mass is 213 g/mol. The normalized spacial score (nSPS) is 0. The van der Waals surface area contributed by atoms with E-state index in [1.54, 1.807) is 0 Å². The first-order valence-electron chi connectivity index (χ1n) is 0. The van der Waals surface area contributed by atoms with Gasteiger partial charge in [-0.2, -0.15) is 13.5 Å². The van der Waals surface area contributed by atoms with Crippen LogP contribution in [0, 0.1) is 0 Å². The molecule has 0 atom stereocenters. The van der Waals surface area contributed by atoms with Gasteiger partial charge in [-0.15, -0.1) is 0 Å². The molecule has 0 aliphatic rings. The van der Waals surface area contributed by atoms with Crippen molar-refractivity contribution in [2.75, 3.05) is 0 Å². The van der Waals surface area contributed by atoms with Gasteiger partial charge in [0.05, 0.1) is 0 Å². The third kappa shape index (κ3) is 9.68. The first-order valence-corrected chi connectivity index (χ1v) is 0. The minimum Gasteiger partial charge on any atom is -0.412 e. The van der Waals surface area contributed by atoms with Gasteiger partial charge in [0, 0.05) is 38.1 Å². The van der Waals surface area contributed by atoms with Crippen molar-refractivity contribution in [3.63, 3.8) is 0 Å². The Morgan fingerprint density at radius 1 is 1.00 bits per heavy atom. The summed E-state index contributed by atoms with van der Waals surface area (Å²) in [6, 6.07) is 0. The molecular weight excluding hydrogens is 208 g/mol. The molecule has 0 saturated heterocycles. The van der Waals surface area contributed by atoms with Crippen molar-refractivity contribution in [1.29, 1.82) is 0 Å². The molecule has 4 heteroatoms. The maximum atomic E-state index is 0. The molecule has 0 aliphatic carbocycles. The van der Waals surface area contributed by atoms with E-state index in [0.29, 0.717) is 0 Å². The molecule has 0 unspecified atom stereocenters. The molecule has 1 radical (unpaired) electrons. The van der Waals surface area contributed by atoms with Gasteiger partial charge in [0.15, 0.2) is 0 Å². The third-order valence-corrected chi connectivity index (χ3v) is 0. The van der Waals surface area contributed by atoms with Gasteiger partial charge in [0.25, 0.3) is 0 Å². The Balaban J connectivity index is 0. The summed E-state index contributed by atoms with van der Waals surface area (Å²) in [6.45, 7) is 0. The standard InChI is InChI=1S/Cu.Mo.H2O.H2S/h;;2*1H2. The fourth-order valence-electron chi connectivity index (χ4n) is 0. The van der Waals surface area contributed by atoms with Gasteiger partial charge in [-0.25, -0.2) is 0 Å². The van der Waals surface area contributed by atoms with Gasteiger partial charge < -0.3 is 5.48 Å². The van der Waals surface area contributed by atoms with Crippen LogP contribution < -0.4 is 0 Å². The van der Waals surface area contributed by atoms with Crippen LogP contribution in [-0.4, -0.2) is 5.48 Å². The summed E-state index contributed by atoms with van der Waals surface area (Å²) in [4.78, 5) is 0. The van der Waals surface area contributed by atoms with E-state index in [1.165, 1.54) is 0 Å². The van der Waals surface area contributed by atoms with Crippen molar-refractivity contribution < 1.29 is 43.6 Å². The van der Waals surface area contributed by atoms with Crippen LogP contribution in [0.1, 0.15) is 0 Å². The zero-order valence-electron chi connectivity index (χ0n) is 1.71. The molecule has 0 bridgehead atoms. The maximum absolute atomic E-state index is 0. The molecule has 0 spiro atoms. The van der Waals surface area contributed by atoms with E-state index in [4.69, 9.17) is 0 Å². The second kappa shape index (κ2) is 24.3. The van der Waals surface area contributed by atoms with Crippen molar-refractivity contribution in [2.24, 2.45) is 0 Å². The van der Waals surface area contributed by atoms with Gasteiger partial charge in [-0.3, -0.25) is 0 Å². The molecule has 0 rings (SSSR count). The van der Waals surface area contributed by atoms with E-state index < -0.39 is 0 Å². The smallest absolute Gasteiger partial charge is 0 e. The first kappa shape index (κ1) is 48.9. The fourth-order valence-corrected chi connectivity index (χ4v) is 0. The summed E-state index contributed by atoms with van der Waals surface area (Å²) >= 11 is 0. The second-order valence-electron chi connectivity index (χ2n) is 0. The summed E-state index contributed by atoms with van der Waals surface area (Å²) in [7, 11) is 0. The van der Waals surface area contributed by atoms with Crippen molar-refractivity contribution in [2.45, 2.75) is 0 Å². The fraction of sp³-hybridized carbons (Fsp3) is 0. The maximum Gasteiger partial charge on any atom is 0 e. The predicted molar refractivity (Wildman–Crippen MR) is 14.0 cm³/mol. The summed E-state index contributed by atoms with van der Waals surface area (Å²) in [5.74, 6) is 0. The summed E-state index contributed by atoms with van der Waals surface area (Å²) in [5.41, 5.74) is 0. The largest absolute Gasteiger partial charge is 0.412 e. The minimum absolute atomic E-state index is 0. The van der Waals surface area contributed by atoms with Crippen molar-refractivity contribution >= 4 is 13.5 Å². The first-order chi connectivity index (χ1) is 0. The summed E-state index contributed by atoms with van der Waals surface area (Å²) < 4.78 is 0. The molecule has 0 aromatic rings. The van der Waals surface area contributed by atoms with Gasteiger partial charge in [0.1, 0.15) is 0 Å². The predicted octanol–water partition coefficient (Wildman–Crippen LogP) is -0.717. The molecule has 0 aliphatic heterocycles. The van der Waals surface area contributed by atoms with Crippen LogP contribution in [0.4, 0.5) is 0 Å². The van der Waals surface area contributed by atoms with E-state index in [-0.39, 0.29) is 57.1 Å². The van der Waals surface area contributed by atoms with Crippen LogP contribution in [0.3, 0.4) is 0 Å². The molecule has 0 aromatic carbocycles. The van der Waals surface area contributed by atoms with E-state index in [0.717, 1.165) is 0 Å². The van der Waals surface area contributed by atoms with Crippen LogP contribution >= 0.6 is 13.5 Å². The quantitative estimate of drug-likeness (QED) is 0.474. The topological polar surface area (TPSA) is 31.5 Å². The van der Waals surface area contributed by atoms with E-state index in [1.807, 2.05) is 0 Å². The van der Waals surface area contributed by atoms with Gasteiger partial charge >= 0.3 is 0 Å². The van der Waals surface area contributed by atoms with E-state index in [9.17, 15) is 0 Å².